The maximum atomic E-state index is 10.7. The van der Waals surface area contributed by atoms with E-state index in [0.717, 1.165) is 31.0 Å². The average molecular weight is 392 g/mol. The summed E-state index contributed by atoms with van der Waals surface area (Å²) in [5.74, 6) is 0.732. The van der Waals surface area contributed by atoms with E-state index in [2.05, 4.69) is 22.5 Å². The summed E-state index contributed by atoms with van der Waals surface area (Å²) in [6.45, 7) is 6.12. The highest BCUT2D eigenvalue weighted by molar-refractivity contribution is 14.0. The molecule has 0 unspecified atom stereocenters. The largest absolute Gasteiger partial charge is 0.357 e. The van der Waals surface area contributed by atoms with Crippen LogP contribution in [0.1, 0.15) is 25.8 Å². The Hall–Kier alpha value is -1.38. The van der Waals surface area contributed by atoms with Gasteiger partial charge in [0, 0.05) is 25.2 Å². The van der Waals surface area contributed by atoms with E-state index < -0.39 is 4.92 Å². The number of guanidine groups is 1. The maximum absolute atomic E-state index is 10.7. The number of hydrogen-bond acceptors (Lipinski definition) is 3. The summed E-state index contributed by atoms with van der Waals surface area (Å²) < 4.78 is 0. The van der Waals surface area contributed by atoms with Gasteiger partial charge in [0.15, 0.2) is 5.96 Å². The van der Waals surface area contributed by atoms with Gasteiger partial charge < -0.3 is 10.6 Å². The zero-order chi connectivity index (χ0) is 14.1. The molecule has 0 aromatic heterocycles. The summed E-state index contributed by atoms with van der Waals surface area (Å²) in [6.07, 6.45) is 1.02. The topological polar surface area (TPSA) is 79.6 Å². The van der Waals surface area contributed by atoms with Crippen molar-refractivity contribution in [1.82, 2.24) is 10.6 Å². The number of aliphatic imine (C=N–C) groups is 1. The predicted octanol–water partition coefficient (Wildman–Crippen LogP) is 2.68. The quantitative estimate of drug-likeness (QED) is 0.257. The molecule has 20 heavy (non-hydrogen) atoms. The van der Waals surface area contributed by atoms with Crippen LogP contribution >= 0.6 is 24.0 Å². The lowest BCUT2D eigenvalue weighted by Crippen LogP contribution is -2.37. The van der Waals surface area contributed by atoms with Crippen LogP contribution in [0.15, 0.2) is 29.3 Å². The molecule has 0 saturated carbocycles. The normalized spacial score (nSPS) is 10.6. The lowest BCUT2D eigenvalue weighted by atomic mass is 10.2. The number of halogens is 1. The Bertz CT molecular complexity index is 452. The Labute approximate surface area is 136 Å². The number of nitrogens with zero attached hydrogens (tertiary/aromatic N) is 2. The van der Waals surface area contributed by atoms with Gasteiger partial charge in [-0.05, 0) is 18.9 Å². The Morgan fingerprint density at radius 1 is 1.35 bits per heavy atom. The molecule has 1 aromatic carbocycles. The molecule has 0 radical (unpaired) electrons. The van der Waals surface area contributed by atoms with Crippen molar-refractivity contribution in [3.8, 4) is 0 Å². The van der Waals surface area contributed by atoms with Crippen LogP contribution < -0.4 is 10.6 Å². The van der Waals surface area contributed by atoms with E-state index in [9.17, 15) is 10.1 Å². The summed E-state index contributed by atoms with van der Waals surface area (Å²) in [5.41, 5.74) is 0.919. The summed E-state index contributed by atoms with van der Waals surface area (Å²) in [6, 6.07) is 6.54. The number of benzene rings is 1. The van der Waals surface area contributed by atoms with Gasteiger partial charge in [0.2, 0.25) is 0 Å². The fraction of sp³-hybridized carbons (Fsp3) is 0.462. The number of nitro benzene ring substituents is 1. The van der Waals surface area contributed by atoms with Crippen LogP contribution in [0.4, 0.5) is 5.69 Å². The molecule has 112 valence electrons. The van der Waals surface area contributed by atoms with Gasteiger partial charge in [-0.15, -0.1) is 24.0 Å². The fourth-order valence-electron chi connectivity index (χ4n) is 1.52. The predicted molar refractivity (Wildman–Crippen MR) is 91.6 cm³/mol. The van der Waals surface area contributed by atoms with E-state index in [4.69, 9.17) is 0 Å². The van der Waals surface area contributed by atoms with E-state index in [1.165, 1.54) is 6.07 Å². The van der Waals surface area contributed by atoms with Crippen molar-refractivity contribution in [1.29, 1.82) is 0 Å². The minimum atomic E-state index is -0.395. The molecule has 0 atom stereocenters. The Morgan fingerprint density at radius 2 is 2.10 bits per heavy atom. The first kappa shape index (κ1) is 18.6. The van der Waals surface area contributed by atoms with Gasteiger partial charge in [-0.2, -0.15) is 0 Å². The van der Waals surface area contributed by atoms with E-state index in [-0.39, 0.29) is 29.7 Å². The third-order valence-electron chi connectivity index (χ3n) is 2.43. The molecular weight excluding hydrogens is 371 g/mol. The first-order valence-corrected chi connectivity index (χ1v) is 6.42. The number of rotatable bonds is 6. The van der Waals surface area contributed by atoms with Gasteiger partial charge in [0.1, 0.15) is 0 Å². The van der Waals surface area contributed by atoms with Crippen molar-refractivity contribution in [2.75, 3.05) is 13.1 Å². The lowest BCUT2D eigenvalue weighted by Gasteiger charge is -2.10. The summed E-state index contributed by atoms with van der Waals surface area (Å²) >= 11 is 0. The lowest BCUT2D eigenvalue weighted by molar-refractivity contribution is -0.384. The number of hydrogen-bond donors (Lipinski definition) is 2. The summed E-state index contributed by atoms with van der Waals surface area (Å²) in [4.78, 5) is 14.7. The molecule has 2 N–H and O–H groups in total. The molecule has 6 nitrogen and oxygen atoms in total. The minimum absolute atomic E-state index is 0. The van der Waals surface area contributed by atoms with Crippen molar-refractivity contribution >= 4 is 35.6 Å². The van der Waals surface area contributed by atoms with Crippen LogP contribution in [0.3, 0.4) is 0 Å². The van der Waals surface area contributed by atoms with Crippen LogP contribution in [0.5, 0.6) is 0 Å². The molecule has 1 aromatic rings. The van der Waals surface area contributed by atoms with Crippen molar-refractivity contribution in [2.45, 2.75) is 26.8 Å². The van der Waals surface area contributed by atoms with Gasteiger partial charge in [0.05, 0.1) is 11.5 Å². The molecule has 0 aliphatic rings. The van der Waals surface area contributed by atoms with Gasteiger partial charge in [-0.3, -0.25) is 10.1 Å². The van der Waals surface area contributed by atoms with E-state index in [1.54, 1.807) is 12.1 Å². The van der Waals surface area contributed by atoms with Gasteiger partial charge in [-0.1, -0.05) is 19.1 Å². The standard InChI is InChI=1S/C13H20N4O2.HI/c1-3-8-15-13(14-4-2)16-10-11-6-5-7-12(9-11)17(18)19;/h5-7,9H,3-4,8,10H2,1-2H3,(H2,14,15,16);1H. The Morgan fingerprint density at radius 3 is 2.70 bits per heavy atom. The molecule has 0 fully saturated rings. The summed E-state index contributed by atoms with van der Waals surface area (Å²) in [7, 11) is 0. The molecule has 0 aliphatic heterocycles. The first-order valence-electron chi connectivity index (χ1n) is 6.42. The fourth-order valence-corrected chi connectivity index (χ4v) is 1.52. The van der Waals surface area contributed by atoms with Crippen LogP contribution in [-0.2, 0) is 6.54 Å². The molecule has 0 spiro atoms. The number of nitrogens with one attached hydrogen (secondary N) is 2. The summed E-state index contributed by atoms with van der Waals surface area (Å²) in [5, 5.41) is 17.0. The first-order chi connectivity index (χ1) is 9.17. The van der Waals surface area contributed by atoms with Crippen molar-refractivity contribution in [3.63, 3.8) is 0 Å². The highest BCUT2D eigenvalue weighted by atomic mass is 127. The van der Waals surface area contributed by atoms with Crippen LogP contribution in [0, 0.1) is 10.1 Å². The Balaban J connectivity index is 0.00000361. The maximum Gasteiger partial charge on any atom is 0.269 e. The molecule has 7 heteroatoms. The van der Waals surface area contributed by atoms with Crippen molar-refractivity contribution in [2.24, 2.45) is 4.99 Å². The van der Waals surface area contributed by atoms with Crippen molar-refractivity contribution < 1.29 is 4.92 Å². The smallest absolute Gasteiger partial charge is 0.269 e. The van der Waals surface area contributed by atoms with E-state index in [0.29, 0.717) is 6.54 Å². The molecular formula is C13H21IN4O2. The highest BCUT2D eigenvalue weighted by Crippen LogP contribution is 2.13. The monoisotopic (exact) mass is 392 g/mol. The molecule has 0 aliphatic carbocycles. The number of nitro groups is 1. The third kappa shape index (κ3) is 6.69. The molecule has 0 saturated heterocycles. The van der Waals surface area contributed by atoms with E-state index in [1.807, 2.05) is 13.0 Å². The Kier molecular flexibility index (Phi) is 9.69. The second kappa shape index (κ2) is 10.4. The average Bonchev–Trinajstić information content (AvgIpc) is 2.42. The van der Waals surface area contributed by atoms with Crippen LogP contribution in [0.25, 0.3) is 0 Å². The molecule has 1 rings (SSSR count). The van der Waals surface area contributed by atoms with Crippen LogP contribution in [0.2, 0.25) is 0 Å². The highest BCUT2D eigenvalue weighted by Gasteiger charge is 2.05. The molecule has 0 bridgehead atoms. The van der Waals surface area contributed by atoms with Crippen LogP contribution in [-0.4, -0.2) is 24.0 Å². The van der Waals surface area contributed by atoms with Gasteiger partial charge >= 0.3 is 0 Å². The van der Waals surface area contributed by atoms with Gasteiger partial charge in [0.25, 0.3) is 5.69 Å². The number of non-ortho nitro benzene ring substituents is 1. The SMILES string of the molecule is CCCNC(=NCc1cccc([N+](=O)[O-])c1)NCC.I. The van der Waals surface area contributed by atoms with Gasteiger partial charge in [-0.25, -0.2) is 4.99 Å². The second-order valence-electron chi connectivity index (χ2n) is 4.05. The molecule has 0 heterocycles. The third-order valence-corrected chi connectivity index (χ3v) is 2.43. The van der Waals surface area contributed by atoms with Crippen molar-refractivity contribution in [3.05, 3.63) is 39.9 Å². The minimum Gasteiger partial charge on any atom is -0.357 e. The zero-order valence-electron chi connectivity index (χ0n) is 11.8. The second-order valence-corrected chi connectivity index (χ2v) is 4.05. The van der Waals surface area contributed by atoms with E-state index >= 15 is 0 Å². The zero-order valence-corrected chi connectivity index (χ0v) is 14.1. The molecule has 0 amide bonds.